The molecule has 1 amide bonds. The van der Waals surface area contributed by atoms with Crippen LogP contribution < -0.4 is 4.90 Å². The van der Waals surface area contributed by atoms with Crippen molar-refractivity contribution < 1.29 is 9.53 Å². The molecule has 1 spiro atoms. The van der Waals surface area contributed by atoms with E-state index in [0.29, 0.717) is 31.8 Å². The van der Waals surface area contributed by atoms with E-state index >= 15 is 0 Å². The first-order valence-corrected chi connectivity index (χ1v) is 8.83. The summed E-state index contributed by atoms with van der Waals surface area (Å²) < 4.78 is 6.19. The van der Waals surface area contributed by atoms with E-state index in [2.05, 4.69) is 11.0 Å². The summed E-state index contributed by atoms with van der Waals surface area (Å²) in [6.07, 6.45) is 1.99. The van der Waals surface area contributed by atoms with E-state index in [-0.39, 0.29) is 11.5 Å². The van der Waals surface area contributed by atoms with E-state index in [1.165, 1.54) is 0 Å². The molecule has 25 heavy (non-hydrogen) atoms. The van der Waals surface area contributed by atoms with Gasteiger partial charge in [0.05, 0.1) is 31.3 Å². The van der Waals surface area contributed by atoms with E-state index in [4.69, 9.17) is 10.00 Å². The predicted octanol–water partition coefficient (Wildman–Crippen LogP) is 1.32. The van der Waals surface area contributed by atoms with Gasteiger partial charge in [0.15, 0.2) is 0 Å². The summed E-state index contributed by atoms with van der Waals surface area (Å²) in [7, 11) is 3.83. The molecule has 0 bridgehead atoms. The summed E-state index contributed by atoms with van der Waals surface area (Å²) >= 11 is 0. The van der Waals surface area contributed by atoms with Crippen LogP contribution in [0.15, 0.2) is 24.3 Å². The van der Waals surface area contributed by atoms with Gasteiger partial charge >= 0.3 is 0 Å². The van der Waals surface area contributed by atoms with Crippen LogP contribution in [0.4, 0.5) is 5.69 Å². The van der Waals surface area contributed by atoms with Gasteiger partial charge in [0.2, 0.25) is 5.91 Å². The monoisotopic (exact) mass is 342 g/mol. The van der Waals surface area contributed by atoms with Gasteiger partial charge in [-0.3, -0.25) is 4.79 Å². The summed E-state index contributed by atoms with van der Waals surface area (Å²) in [4.78, 5) is 18.6. The maximum Gasteiger partial charge on any atom is 0.236 e. The van der Waals surface area contributed by atoms with Gasteiger partial charge in [-0.25, -0.2) is 0 Å². The molecule has 6 nitrogen and oxygen atoms in total. The van der Waals surface area contributed by atoms with Gasteiger partial charge in [-0.15, -0.1) is 0 Å². The number of benzene rings is 1. The first kappa shape index (κ1) is 17.7. The van der Waals surface area contributed by atoms with Crippen molar-refractivity contribution in [2.45, 2.75) is 18.4 Å². The fourth-order valence-corrected chi connectivity index (χ4v) is 3.77. The van der Waals surface area contributed by atoms with Crippen LogP contribution in [0.3, 0.4) is 0 Å². The molecule has 6 heteroatoms. The number of hydrogen-bond acceptors (Lipinski definition) is 5. The number of carbonyl (C=O) groups excluding carboxylic acids is 1. The van der Waals surface area contributed by atoms with E-state index in [9.17, 15) is 4.79 Å². The van der Waals surface area contributed by atoms with Crippen molar-refractivity contribution in [1.29, 1.82) is 5.26 Å². The Labute approximate surface area is 149 Å². The molecule has 0 aliphatic carbocycles. The molecule has 0 N–H and O–H groups in total. The van der Waals surface area contributed by atoms with Crippen LogP contribution in [0.25, 0.3) is 0 Å². The first-order chi connectivity index (χ1) is 12.0. The minimum absolute atomic E-state index is 0.163. The molecule has 0 unspecified atom stereocenters. The number of ether oxygens (including phenoxy) is 1. The average Bonchev–Trinajstić information content (AvgIpc) is 2.61. The van der Waals surface area contributed by atoms with Crippen molar-refractivity contribution in [2.24, 2.45) is 0 Å². The number of anilines is 1. The molecule has 3 rings (SSSR count). The lowest BCUT2D eigenvalue weighted by atomic mass is 9.90. The third-order valence-corrected chi connectivity index (χ3v) is 4.93. The molecule has 1 atom stereocenters. The van der Waals surface area contributed by atoms with Gasteiger partial charge in [0.1, 0.15) is 5.60 Å². The van der Waals surface area contributed by atoms with E-state index < -0.39 is 0 Å². The number of nitriles is 1. The molecule has 1 aromatic rings. The largest absolute Gasteiger partial charge is 0.369 e. The lowest BCUT2D eigenvalue weighted by Crippen LogP contribution is -2.61. The number of nitrogens with zero attached hydrogens (tertiary/aromatic N) is 4. The van der Waals surface area contributed by atoms with Crippen molar-refractivity contribution in [3.8, 4) is 6.07 Å². The first-order valence-electron chi connectivity index (χ1n) is 8.83. The Morgan fingerprint density at radius 2 is 2.20 bits per heavy atom. The van der Waals surface area contributed by atoms with E-state index in [0.717, 1.165) is 31.6 Å². The van der Waals surface area contributed by atoms with Crippen molar-refractivity contribution in [2.75, 3.05) is 58.3 Å². The Bertz CT molecular complexity index is 666. The second-order valence-corrected chi connectivity index (χ2v) is 7.27. The Hall–Kier alpha value is -2.10. The minimum Gasteiger partial charge on any atom is -0.369 e. The molecule has 2 heterocycles. The number of hydrogen-bond donors (Lipinski definition) is 0. The zero-order valence-electron chi connectivity index (χ0n) is 15.1. The van der Waals surface area contributed by atoms with E-state index in [1.807, 2.05) is 48.2 Å². The normalized spacial score (nSPS) is 23.8. The Kier molecular flexibility index (Phi) is 5.26. The quantitative estimate of drug-likeness (QED) is 0.829. The summed E-state index contributed by atoms with van der Waals surface area (Å²) in [5.74, 6) is 0.163. The second-order valence-electron chi connectivity index (χ2n) is 7.27. The number of rotatable bonds is 3. The lowest BCUT2D eigenvalue weighted by molar-refractivity contribution is -0.152. The van der Waals surface area contributed by atoms with Crippen molar-refractivity contribution in [1.82, 2.24) is 9.80 Å². The van der Waals surface area contributed by atoms with Gasteiger partial charge < -0.3 is 19.4 Å². The molecule has 1 aromatic carbocycles. The molecule has 0 saturated carbocycles. The van der Waals surface area contributed by atoms with Crippen molar-refractivity contribution in [3.63, 3.8) is 0 Å². The summed E-state index contributed by atoms with van der Waals surface area (Å²) in [5.41, 5.74) is 1.42. The van der Waals surface area contributed by atoms with Crippen molar-refractivity contribution >= 4 is 11.6 Å². The highest BCUT2D eigenvalue weighted by molar-refractivity contribution is 5.78. The standard InChI is InChI=1S/C19H26N4O2/c1-21(2)13-18(24)23-9-10-25-19(15-23)7-4-8-22(14-19)17-6-3-5-16(11-17)12-20/h3,5-6,11H,4,7-10,13-15H2,1-2H3/t19-/m0/s1. The predicted molar refractivity (Wildman–Crippen MR) is 96.4 cm³/mol. The Balaban J connectivity index is 1.73. The SMILES string of the molecule is CN(C)CC(=O)N1CCO[C@]2(CCCN(c3cccc(C#N)c3)C2)C1. The summed E-state index contributed by atoms with van der Waals surface area (Å²) in [5, 5.41) is 9.13. The fourth-order valence-electron chi connectivity index (χ4n) is 3.77. The molecular formula is C19H26N4O2. The molecule has 2 aliphatic heterocycles. The third kappa shape index (κ3) is 4.12. The minimum atomic E-state index is -0.304. The summed E-state index contributed by atoms with van der Waals surface area (Å²) in [6, 6.07) is 9.91. The van der Waals surface area contributed by atoms with Crippen LogP contribution in [0.5, 0.6) is 0 Å². The van der Waals surface area contributed by atoms with E-state index in [1.54, 1.807) is 0 Å². The fraction of sp³-hybridized carbons (Fsp3) is 0.579. The van der Waals surface area contributed by atoms with Crippen LogP contribution in [-0.2, 0) is 9.53 Å². The van der Waals surface area contributed by atoms with Gasteiger partial charge in [0, 0.05) is 25.3 Å². The summed E-state index contributed by atoms with van der Waals surface area (Å²) in [6.45, 7) is 4.04. The molecule has 0 radical (unpaired) electrons. The molecule has 2 saturated heterocycles. The topological polar surface area (TPSA) is 59.8 Å². The number of morpholine rings is 1. The number of likely N-dealkylation sites (N-methyl/N-ethyl adjacent to an activating group) is 1. The van der Waals surface area contributed by atoms with Crippen LogP contribution >= 0.6 is 0 Å². The highest BCUT2D eigenvalue weighted by atomic mass is 16.5. The zero-order valence-corrected chi connectivity index (χ0v) is 15.1. The maximum atomic E-state index is 12.4. The van der Waals surface area contributed by atoms with Gasteiger partial charge in [-0.2, -0.15) is 5.26 Å². The van der Waals surface area contributed by atoms with Crippen LogP contribution in [-0.4, -0.2) is 74.7 Å². The Morgan fingerprint density at radius 1 is 1.36 bits per heavy atom. The van der Waals surface area contributed by atoms with Crippen LogP contribution in [0.2, 0.25) is 0 Å². The maximum absolute atomic E-state index is 12.4. The number of carbonyl (C=O) groups is 1. The van der Waals surface area contributed by atoms with Crippen LogP contribution in [0, 0.1) is 11.3 Å². The van der Waals surface area contributed by atoms with Crippen molar-refractivity contribution in [3.05, 3.63) is 29.8 Å². The molecule has 0 aromatic heterocycles. The second kappa shape index (κ2) is 7.42. The third-order valence-electron chi connectivity index (χ3n) is 4.93. The van der Waals surface area contributed by atoms with Gasteiger partial charge in [0.25, 0.3) is 0 Å². The zero-order chi connectivity index (χ0) is 17.9. The number of piperidine rings is 1. The molecule has 2 aliphatic rings. The highest BCUT2D eigenvalue weighted by Crippen LogP contribution is 2.32. The average molecular weight is 342 g/mol. The lowest BCUT2D eigenvalue weighted by Gasteiger charge is -2.48. The molecule has 134 valence electrons. The highest BCUT2D eigenvalue weighted by Gasteiger charge is 2.41. The molecule has 2 fully saturated rings. The van der Waals surface area contributed by atoms with Crippen LogP contribution in [0.1, 0.15) is 18.4 Å². The van der Waals surface area contributed by atoms with Gasteiger partial charge in [-0.1, -0.05) is 6.07 Å². The molecular weight excluding hydrogens is 316 g/mol. The number of amides is 1. The van der Waals surface area contributed by atoms with Gasteiger partial charge in [-0.05, 0) is 45.1 Å². The Morgan fingerprint density at radius 3 is 2.96 bits per heavy atom. The smallest absolute Gasteiger partial charge is 0.236 e.